The number of pyridine rings is 2. The van der Waals surface area contributed by atoms with Crippen molar-refractivity contribution in [2.75, 3.05) is 13.7 Å². The summed E-state index contributed by atoms with van der Waals surface area (Å²) in [6.45, 7) is 6.18. The van der Waals surface area contributed by atoms with Gasteiger partial charge in [0, 0.05) is 54.0 Å². The molecule has 0 radical (unpaired) electrons. The van der Waals surface area contributed by atoms with Crippen LogP contribution in [-0.2, 0) is 32.1 Å². The predicted octanol–water partition coefficient (Wildman–Crippen LogP) is 5.58. The van der Waals surface area contributed by atoms with Crippen LogP contribution in [-0.4, -0.2) is 34.3 Å². The molecule has 9 heteroatoms. The quantitative estimate of drug-likeness (QED) is 0.450. The van der Waals surface area contributed by atoms with E-state index in [1.54, 1.807) is 38.5 Å². The van der Waals surface area contributed by atoms with Gasteiger partial charge in [-0.25, -0.2) is 0 Å². The smallest absolute Gasteiger partial charge is 0.417 e. The topological polar surface area (TPSA) is 55.3 Å². The third-order valence-corrected chi connectivity index (χ3v) is 6.36. The molecule has 0 saturated heterocycles. The van der Waals surface area contributed by atoms with Crippen LogP contribution in [0.5, 0.6) is 5.75 Å². The Hall–Kier alpha value is -2.78. The lowest BCUT2D eigenvalue weighted by molar-refractivity contribution is -0.137. The van der Waals surface area contributed by atoms with Gasteiger partial charge >= 0.3 is 6.18 Å². The van der Waals surface area contributed by atoms with Gasteiger partial charge in [-0.15, -0.1) is 11.3 Å². The van der Waals surface area contributed by atoms with Crippen molar-refractivity contribution >= 4 is 17.1 Å². The molecule has 0 aliphatic carbocycles. The molecule has 0 bridgehead atoms. The number of rotatable bonds is 5. The second-order valence-corrected chi connectivity index (χ2v) is 8.70. The number of hydrogen-bond acceptors (Lipinski definition) is 6. The minimum Gasteiger partial charge on any atom is -0.495 e. The van der Waals surface area contributed by atoms with Crippen molar-refractivity contribution in [3.8, 4) is 5.75 Å². The molecular weight excluding hydrogens is 451 g/mol. The number of nitrogens with zero attached hydrogens (tertiary/aromatic N) is 3. The molecule has 3 aromatic heterocycles. The zero-order chi connectivity index (χ0) is 24.0. The van der Waals surface area contributed by atoms with Gasteiger partial charge in [0.25, 0.3) is 0 Å². The van der Waals surface area contributed by atoms with Crippen molar-refractivity contribution in [1.29, 1.82) is 0 Å². The fourth-order valence-electron chi connectivity index (χ4n) is 3.57. The molecule has 4 heterocycles. The molecule has 0 saturated carbocycles. The number of fused-ring (bicyclic) bond motifs is 1. The van der Waals surface area contributed by atoms with Crippen molar-refractivity contribution in [2.45, 2.75) is 46.0 Å². The Bertz CT molecular complexity index is 1100. The highest BCUT2D eigenvalue weighted by molar-refractivity contribution is 7.10. The number of methoxy groups -OCH3 is 1. The molecule has 1 aliphatic rings. The summed E-state index contributed by atoms with van der Waals surface area (Å²) < 4.78 is 41.4. The van der Waals surface area contributed by atoms with Gasteiger partial charge in [0.15, 0.2) is 5.78 Å². The normalized spacial score (nSPS) is 13.6. The average Bonchev–Trinajstić information content (AvgIpc) is 3.23. The lowest BCUT2D eigenvalue weighted by Gasteiger charge is -2.27. The summed E-state index contributed by atoms with van der Waals surface area (Å²) in [6, 6.07) is 3.14. The van der Waals surface area contributed by atoms with E-state index in [0.29, 0.717) is 12.0 Å². The molecule has 3 aromatic rings. The van der Waals surface area contributed by atoms with Crippen LogP contribution in [0.4, 0.5) is 13.2 Å². The van der Waals surface area contributed by atoms with Crippen LogP contribution in [0, 0.1) is 0 Å². The molecule has 5 nitrogen and oxygen atoms in total. The number of carbonyl (C=O) groups is 1. The first-order chi connectivity index (χ1) is 15.7. The first-order valence-electron chi connectivity index (χ1n) is 10.5. The van der Waals surface area contributed by atoms with Gasteiger partial charge in [0.1, 0.15) is 5.75 Å². The van der Waals surface area contributed by atoms with E-state index in [1.807, 2.05) is 17.6 Å². The van der Waals surface area contributed by atoms with Crippen molar-refractivity contribution in [3.05, 3.63) is 75.0 Å². The van der Waals surface area contributed by atoms with Crippen LogP contribution in [0.2, 0.25) is 0 Å². The zero-order valence-corrected chi connectivity index (χ0v) is 19.6. The molecule has 33 heavy (non-hydrogen) atoms. The van der Waals surface area contributed by atoms with Gasteiger partial charge in [-0.05, 0) is 48.6 Å². The number of ketones is 1. The van der Waals surface area contributed by atoms with E-state index in [9.17, 15) is 18.0 Å². The van der Waals surface area contributed by atoms with E-state index in [4.69, 9.17) is 4.74 Å². The molecular formula is C24H26F3N3O2S. The fraction of sp³-hybridized carbons (Fsp3) is 0.375. The van der Waals surface area contributed by atoms with Gasteiger partial charge in [-0.3, -0.25) is 19.7 Å². The van der Waals surface area contributed by atoms with Crippen molar-refractivity contribution in [2.24, 2.45) is 0 Å². The first kappa shape index (κ1) is 24.9. The van der Waals surface area contributed by atoms with Crippen molar-refractivity contribution in [1.82, 2.24) is 14.9 Å². The average molecular weight is 478 g/mol. The molecule has 1 aliphatic heterocycles. The largest absolute Gasteiger partial charge is 0.495 e. The highest BCUT2D eigenvalue weighted by Crippen LogP contribution is 2.30. The summed E-state index contributed by atoms with van der Waals surface area (Å²) in [5.41, 5.74) is 3.25. The number of halogens is 3. The summed E-state index contributed by atoms with van der Waals surface area (Å²) in [5.74, 6) is 0.970. The molecule has 4 rings (SSSR count). The second-order valence-electron chi connectivity index (χ2n) is 7.73. The van der Waals surface area contributed by atoms with E-state index in [0.717, 1.165) is 55.2 Å². The third-order valence-electron chi connectivity index (χ3n) is 5.35. The summed E-state index contributed by atoms with van der Waals surface area (Å²) in [5, 5.41) is 2.00. The molecule has 0 spiro atoms. The monoisotopic (exact) mass is 477 g/mol. The van der Waals surface area contributed by atoms with Crippen LogP contribution in [0.3, 0.4) is 0 Å². The molecule has 0 atom stereocenters. The zero-order valence-electron chi connectivity index (χ0n) is 18.8. The summed E-state index contributed by atoms with van der Waals surface area (Å²) in [6.07, 6.45) is 3.11. The van der Waals surface area contributed by atoms with E-state index in [-0.39, 0.29) is 5.78 Å². The number of hydrogen-bond donors (Lipinski definition) is 0. The van der Waals surface area contributed by atoms with E-state index >= 15 is 0 Å². The molecule has 0 fully saturated rings. The van der Waals surface area contributed by atoms with Crippen molar-refractivity contribution in [3.63, 3.8) is 0 Å². The summed E-state index contributed by atoms with van der Waals surface area (Å²) >= 11 is 1.70. The van der Waals surface area contributed by atoms with Crippen LogP contribution >= 0.6 is 11.3 Å². The van der Waals surface area contributed by atoms with Gasteiger partial charge < -0.3 is 4.74 Å². The van der Waals surface area contributed by atoms with E-state index in [2.05, 4.69) is 14.9 Å². The van der Waals surface area contributed by atoms with E-state index in [1.165, 1.54) is 16.6 Å². The SMILES string of the molecule is CCc1cncc(C(F)(F)F)c1.COc1cncc(CN2CCc3c(C(C)=O)csc3C2)c1. The standard InChI is InChI=1S/C16H18N2O2S.C8H8F3N/c1-11(19)15-10-21-16-9-18(4-3-14(15)16)8-12-5-13(20-2)7-17-6-12;1-2-6-3-7(5-12-4-6)8(9,10)11/h5-7,10H,3-4,8-9H2,1-2H3;3-5H,2H2,1H3. The highest BCUT2D eigenvalue weighted by Gasteiger charge is 2.30. The third kappa shape index (κ3) is 6.61. The van der Waals surface area contributed by atoms with Gasteiger partial charge in [0.05, 0.1) is 18.9 Å². The number of Topliss-reactive ketones (excluding diaryl/α,β-unsaturated/α-hetero) is 1. The Kier molecular flexibility index (Phi) is 8.20. The van der Waals surface area contributed by atoms with Crippen molar-refractivity contribution < 1.29 is 22.7 Å². The number of ether oxygens (including phenoxy) is 1. The number of aryl methyl sites for hydroxylation is 1. The molecule has 0 amide bonds. The van der Waals surface area contributed by atoms with Gasteiger partial charge in [0.2, 0.25) is 0 Å². The Labute approximate surface area is 195 Å². The molecule has 0 N–H and O–H groups in total. The van der Waals surface area contributed by atoms with E-state index < -0.39 is 11.7 Å². The Morgan fingerprint density at radius 3 is 2.55 bits per heavy atom. The summed E-state index contributed by atoms with van der Waals surface area (Å²) in [4.78, 5) is 23.0. The Balaban J connectivity index is 0.000000218. The lowest BCUT2D eigenvalue weighted by atomic mass is 10.0. The maximum atomic E-state index is 12.1. The predicted molar refractivity (Wildman–Crippen MR) is 122 cm³/mol. The number of thiophene rings is 1. The lowest BCUT2D eigenvalue weighted by Crippen LogP contribution is -2.29. The van der Waals surface area contributed by atoms with Crippen LogP contribution < -0.4 is 4.74 Å². The number of alkyl halides is 3. The highest BCUT2D eigenvalue weighted by atomic mass is 32.1. The van der Waals surface area contributed by atoms with Crippen LogP contribution in [0.25, 0.3) is 0 Å². The second kappa shape index (κ2) is 10.9. The minimum atomic E-state index is -4.28. The van der Waals surface area contributed by atoms with Gasteiger partial charge in [-0.1, -0.05) is 6.92 Å². The van der Waals surface area contributed by atoms with Crippen LogP contribution in [0.15, 0.2) is 42.3 Å². The maximum absolute atomic E-state index is 12.1. The first-order valence-corrected chi connectivity index (χ1v) is 11.4. The number of carbonyl (C=O) groups excluding carboxylic acids is 1. The molecule has 176 valence electrons. The maximum Gasteiger partial charge on any atom is 0.417 e. The van der Waals surface area contributed by atoms with Gasteiger partial charge in [-0.2, -0.15) is 13.2 Å². The summed E-state index contributed by atoms with van der Waals surface area (Å²) in [7, 11) is 1.66. The minimum absolute atomic E-state index is 0.179. The number of aromatic nitrogens is 2. The molecule has 0 unspecified atom stereocenters. The Morgan fingerprint density at radius 2 is 1.88 bits per heavy atom. The van der Waals surface area contributed by atoms with Crippen LogP contribution in [0.1, 0.15) is 51.3 Å². The Morgan fingerprint density at radius 1 is 1.15 bits per heavy atom. The molecule has 0 aromatic carbocycles. The fourth-order valence-corrected chi connectivity index (χ4v) is 4.75.